The number of hydrogen-bond acceptors (Lipinski definition) is 4. The van der Waals surface area contributed by atoms with Crippen molar-refractivity contribution in [1.29, 1.82) is 0 Å². The number of carbonyl (C=O) groups is 3. The van der Waals surface area contributed by atoms with Gasteiger partial charge in [-0.1, -0.05) is 37.5 Å². The van der Waals surface area contributed by atoms with Crippen LogP contribution in [-0.4, -0.2) is 42.0 Å². The topological polar surface area (TPSA) is 87.7 Å². The van der Waals surface area contributed by atoms with E-state index in [1.54, 1.807) is 13.1 Å². The van der Waals surface area contributed by atoms with Crippen molar-refractivity contribution in [3.63, 3.8) is 0 Å². The number of ether oxygens (including phenoxy) is 1. The molecule has 1 fully saturated rings. The van der Waals surface area contributed by atoms with Crippen LogP contribution in [0.15, 0.2) is 24.3 Å². The van der Waals surface area contributed by atoms with Crippen molar-refractivity contribution in [3.05, 3.63) is 29.8 Å². The van der Waals surface area contributed by atoms with E-state index in [1.165, 1.54) is 24.2 Å². The predicted molar refractivity (Wildman–Crippen MR) is 117 cm³/mol. The third-order valence-electron chi connectivity index (χ3n) is 5.05. The highest BCUT2D eigenvalue weighted by Gasteiger charge is 2.21. The summed E-state index contributed by atoms with van der Waals surface area (Å²) in [4.78, 5) is 38.1. The molecule has 166 valence electrons. The molecule has 0 aliphatic heterocycles. The van der Waals surface area contributed by atoms with Gasteiger partial charge in [-0.2, -0.15) is 0 Å². The van der Waals surface area contributed by atoms with Crippen molar-refractivity contribution in [2.45, 2.75) is 71.4 Å². The molecule has 7 nitrogen and oxygen atoms in total. The van der Waals surface area contributed by atoms with Crippen molar-refractivity contribution in [3.8, 4) is 0 Å². The fourth-order valence-electron chi connectivity index (χ4n) is 3.54. The number of rotatable bonds is 7. The van der Waals surface area contributed by atoms with E-state index in [9.17, 15) is 14.4 Å². The zero-order valence-corrected chi connectivity index (χ0v) is 18.6. The molecule has 1 aliphatic rings. The van der Waals surface area contributed by atoms with Crippen molar-refractivity contribution >= 4 is 23.6 Å². The van der Waals surface area contributed by atoms with Crippen LogP contribution in [0, 0.1) is 5.92 Å². The predicted octanol–water partition coefficient (Wildman–Crippen LogP) is 4.08. The molecule has 0 spiro atoms. The third kappa shape index (κ3) is 8.43. The molecule has 0 saturated heterocycles. The molecular formula is C23H35N3O4. The van der Waals surface area contributed by atoms with Crippen LogP contribution < -0.4 is 10.6 Å². The Morgan fingerprint density at radius 1 is 1.07 bits per heavy atom. The Morgan fingerprint density at radius 2 is 1.73 bits per heavy atom. The van der Waals surface area contributed by atoms with Crippen LogP contribution in [0.1, 0.15) is 64.9 Å². The summed E-state index contributed by atoms with van der Waals surface area (Å²) in [6, 6.07) is 7.28. The Hall–Kier alpha value is -2.57. The summed E-state index contributed by atoms with van der Waals surface area (Å²) in [5.74, 6) is 0.0697. The summed E-state index contributed by atoms with van der Waals surface area (Å²) in [5, 5.41) is 5.55. The zero-order valence-electron chi connectivity index (χ0n) is 18.6. The Labute approximate surface area is 179 Å². The van der Waals surface area contributed by atoms with E-state index in [1.807, 2.05) is 39.0 Å². The van der Waals surface area contributed by atoms with Gasteiger partial charge in [-0.05, 0) is 51.2 Å². The molecular weight excluding hydrogens is 382 g/mol. The molecule has 30 heavy (non-hydrogen) atoms. The highest BCUT2D eigenvalue weighted by Crippen LogP contribution is 2.26. The van der Waals surface area contributed by atoms with Gasteiger partial charge < -0.3 is 20.3 Å². The lowest BCUT2D eigenvalue weighted by molar-refractivity contribution is -0.125. The van der Waals surface area contributed by atoms with E-state index in [4.69, 9.17) is 4.74 Å². The summed E-state index contributed by atoms with van der Waals surface area (Å²) in [5.41, 5.74) is 0.821. The SMILES string of the molecule is CN(Cc1ccccc1NC(=O)CNC(=O)CC1CCCCC1)C(=O)OC(C)(C)C. The highest BCUT2D eigenvalue weighted by molar-refractivity contribution is 5.95. The van der Waals surface area contributed by atoms with E-state index in [0.29, 0.717) is 24.6 Å². The smallest absolute Gasteiger partial charge is 0.410 e. The van der Waals surface area contributed by atoms with Gasteiger partial charge >= 0.3 is 6.09 Å². The molecule has 2 N–H and O–H groups in total. The van der Waals surface area contributed by atoms with Gasteiger partial charge in [-0.15, -0.1) is 0 Å². The number of para-hydroxylation sites is 1. The van der Waals surface area contributed by atoms with E-state index >= 15 is 0 Å². The van der Waals surface area contributed by atoms with Gasteiger partial charge in [0, 0.05) is 19.2 Å². The maximum Gasteiger partial charge on any atom is 0.410 e. The van der Waals surface area contributed by atoms with Crippen LogP contribution in [0.2, 0.25) is 0 Å². The summed E-state index contributed by atoms with van der Waals surface area (Å²) in [6.07, 6.45) is 5.88. The first-order valence-corrected chi connectivity index (χ1v) is 10.7. The molecule has 1 aromatic carbocycles. The molecule has 1 saturated carbocycles. The molecule has 2 rings (SSSR count). The molecule has 0 radical (unpaired) electrons. The van der Waals surface area contributed by atoms with Gasteiger partial charge in [0.2, 0.25) is 11.8 Å². The van der Waals surface area contributed by atoms with Crippen LogP contribution in [-0.2, 0) is 20.9 Å². The Balaban J connectivity index is 1.85. The molecule has 0 atom stereocenters. The van der Waals surface area contributed by atoms with Crippen molar-refractivity contribution in [2.24, 2.45) is 5.92 Å². The maximum atomic E-state index is 12.3. The molecule has 0 bridgehead atoms. The number of nitrogens with one attached hydrogen (secondary N) is 2. The second kappa shape index (κ2) is 11.0. The monoisotopic (exact) mass is 417 g/mol. The molecule has 3 amide bonds. The van der Waals surface area contributed by atoms with Crippen LogP contribution in [0.5, 0.6) is 0 Å². The average molecular weight is 418 g/mol. The third-order valence-corrected chi connectivity index (χ3v) is 5.05. The van der Waals surface area contributed by atoms with E-state index in [-0.39, 0.29) is 18.4 Å². The lowest BCUT2D eigenvalue weighted by Crippen LogP contribution is -2.35. The maximum absolute atomic E-state index is 12.3. The number of hydrogen-bond donors (Lipinski definition) is 2. The highest BCUT2D eigenvalue weighted by atomic mass is 16.6. The average Bonchev–Trinajstić information content (AvgIpc) is 2.67. The van der Waals surface area contributed by atoms with Crippen molar-refractivity contribution in [2.75, 3.05) is 18.9 Å². The molecule has 0 unspecified atom stereocenters. The van der Waals surface area contributed by atoms with E-state index in [0.717, 1.165) is 18.4 Å². The number of anilines is 1. The summed E-state index contributed by atoms with van der Waals surface area (Å²) >= 11 is 0. The lowest BCUT2D eigenvalue weighted by atomic mass is 9.87. The molecule has 1 aliphatic carbocycles. The van der Waals surface area contributed by atoms with Crippen LogP contribution in [0.3, 0.4) is 0 Å². The minimum atomic E-state index is -0.574. The first-order valence-electron chi connectivity index (χ1n) is 10.7. The van der Waals surface area contributed by atoms with Crippen LogP contribution >= 0.6 is 0 Å². The molecule has 1 aromatic rings. The molecule has 0 aromatic heterocycles. The zero-order chi connectivity index (χ0) is 22.1. The standard InChI is InChI=1S/C23H35N3O4/c1-23(2,3)30-22(29)26(4)16-18-12-8-9-13-19(18)25-21(28)15-24-20(27)14-17-10-6-5-7-11-17/h8-9,12-13,17H,5-7,10-11,14-16H2,1-4H3,(H,24,27)(H,25,28). The van der Waals surface area contributed by atoms with Gasteiger partial charge in [0.25, 0.3) is 0 Å². The van der Waals surface area contributed by atoms with Crippen LogP contribution in [0.25, 0.3) is 0 Å². The van der Waals surface area contributed by atoms with E-state index in [2.05, 4.69) is 10.6 Å². The largest absolute Gasteiger partial charge is 0.444 e. The first-order chi connectivity index (χ1) is 14.1. The Bertz CT molecular complexity index is 736. The second-order valence-electron chi connectivity index (χ2n) is 9.03. The minimum absolute atomic E-state index is 0.0677. The summed E-state index contributed by atoms with van der Waals surface area (Å²) < 4.78 is 5.37. The van der Waals surface area contributed by atoms with Gasteiger partial charge in [-0.25, -0.2) is 4.79 Å². The fourth-order valence-corrected chi connectivity index (χ4v) is 3.54. The van der Waals surface area contributed by atoms with Gasteiger partial charge in [-0.3, -0.25) is 9.59 Å². The fraction of sp³-hybridized carbons (Fsp3) is 0.609. The summed E-state index contributed by atoms with van der Waals surface area (Å²) in [7, 11) is 1.65. The molecule has 0 heterocycles. The minimum Gasteiger partial charge on any atom is -0.444 e. The Morgan fingerprint density at radius 3 is 2.40 bits per heavy atom. The van der Waals surface area contributed by atoms with Crippen molar-refractivity contribution < 1.29 is 19.1 Å². The van der Waals surface area contributed by atoms with Crippen LogP contribution in [0.4, 0.5) is 10.5 Å². The number of benzene rings is 1. The summed E-state index contributed by atoms with van der Waals surface area (Å²) in [6.45, 7) is 5.67. The van der Waals surface area contributed by atoms with Gasteiger partial charge in [0.05, 0.1) is 13.1 Å². The van der Waals surface area contributed by atoms with E-state index < -0.39 is 11.7 Å². The number of carbonyl (C=O) groups excluding carboxylic acids is 3. The molecule has 7 heteroatoms. The van der Waals surface area contributed by atoms with Gasteiger partial charge in [0.15, 0.2) is 0 Å². The number of amides is 3. The first kappa shape index (κ1) is 23.7. The lowest BCUT2D eigenvalue weighted by Gasteiger charge is -2.25. The van der Waals surface area contributed by atoms with Crippen molar-refractivity contribution in [1.82, 2.24) is 10.2 Å². The normalized spacial score (nSPS) is 14.7. The van der Waals surface area contributed by atoms with Gasteiger partial charge in [0.1, 0.15) is 5.60 Å². The Kier molecular flexibility index (Phi) is 8.69. The quantitative estimate of drug-likeness (QED) is 0.700. The second-order valence-corrected chi connectivity index (χ2v) is 9.03. The number of nitrogens with zero attached hydrogens (tertiary/aromatic N) is 1.